The van der Waals surface area contributed by atoms with Gasteiger partial charge in [-0.25, -0.2) is 0 Å². The molecule has 0 spiro atoms. The second-order valence-electron chi connectivity index (χ2n) is 8.29. The summed E-state index contributed by atoms with van der Waals surface area (Å²) in [5, 5.41) is 10.6. The molecule has 4 atom stereocenters. The van der Waals surface area contributed by atoms with Crippen LogP contribution in [0.15, 0.2) is 22.6 Å². The van der Waals surface area contributed by atoms with Crippen molar-refractivity contribution in [3.63, 3.8) is 0 Å². The number of pyridine rings is 1. The average molecular weight is 384 g/mol. The summed E-state index contributed by atoms with van der Waals surface area (Å²) in [6.45, 7) is 8.94. The fourth-order valence-corrected chi connectivity index (χ4v) is 4.66. The monoisotopic (exact) mass is 384 g/mol. The maximum absolute atomic E-state index is 12.9. The van der Waals surface area contributed by atoms with E-state index in [2.05, 4.69) is 4.98 Å². The molecule has 6 heteroatoms. The highest BCUT2D eigenvalue weighted by Gasteiger charge is 2.44. The Labute approximate surface area is 165 Å². The molecule has 1 aliphatic carbocycles. The molecule has 2 fully saturated rings. The molecule has 2 aliphatic rings. The molecule has 1 saturated carbocycles. The summed E-state index contributed by atoms with van der Waals surface area (Å²) in [4.78, 5) is 19.3. The number of likely N-dealkylation sites (tertiary alicyclic amines) is 1. The van der Waals surface area contributed by atoms with Crippen molar-refractivity contribution >= 4 is 5.91 Å². The number of furan rings is 1. The number of nitrogens with zero attached hydrogens (tertiary/aromatic N) is 2. The number of rotatable bonds is 3. The molecule has 0 aromatic carbocycles. The van der Waals surface area contributed by atoms with Crippen LogP contribution in [0.4, 0.5) is 0 Å². The van der Waals surface area contributed by atoms with E-state index in [9.17, 15) is 9.90 Å². The van der Waals surface area contributed by atoms with E-state index in [4.69, 9.17) is 9.15 Å². The van der Waals surface area contributed by atoms with E-state index in [-0.39, 0.29) is 12.0 Å². The van der Waals surface area contributed by atoms with Crippen molar-refractivity contribution in [2.75, 3.05) is 13.1 Å². The Morgan fingerprint density at radius 3 is 2.54 bits per heavy atom. The van der Waals surface area contributed by atoms with Crippen LogP contribution in [-0.4, -0.2) is 46.2 Å². The van der Waals surface area contributed by atoms with E-state index in [1.807, 2.05) is 50.8 Å². The third-order valence-corrected chi connectivity index (χ3v) is 6.10. The number of aryl methyl sites for hydroxylation is 4. The van der Waals surface area contributed by atoms with Gasteiger partial charge in [0.1, 0.15) is 23.4 Å². The van der Waals surface area contributed by atoms with Gasteiger partial charge in [0.15, 0.2) is 0 Å². The summed E-state index contributed by atoms with van der Waals surface area (Å²) < 4.78 is 11.7. The van der Waals surface area contributed by atoms with Gasteiger partial charge in [0.2, 0.25) is 0 Å². The van der Waals surface area contributed by atoms with Gasteiger partial charge in [-0.3, -0.25) is 9.78 Å². The second kappa shape index (κ2) is 7.24. The normalized spacial score (nSPS) is 27.0. The molecule has 6 nitrogen and oxygen atoms in total. The van der Waals surface area contributed by atoms with Gasteiger partial charge < -0.3 is 19.2 Å². The summed E-state index contributed by atoms with van der Waals surface area (Å²) in [7, 11) is 0. The van der Waals surface area contributed by atoms with Crippen molar-refractivity contribution in [1.82, 2.24) is 9.88 Å². The van der Waals surface area contributed by atoms with Crippen molar-refractivity contribution in [2.45, 2.75) is 52.7 Å². The Balaban J connectivity index is 1.45. The first-order valence-corrected chi connectivity index (χ1v) is 9.97. The summed E-state index contributed by atoms with van der Waals surface area (Å²) in [5.41, 5.74) is 2.43. The van der Waals surface area contributed by atoms with Gasteiger partial charge in [0.25, 0.3) is 5.91 Å². The molecule has 28 heavy (non-hydrogen) atoms. The highest BCUT2D eigenvalue weighted by atomic mass is 16.5. The molecule has 150 valence electrons. The largest absolute Gasteiger partial charge is 0.486 e. The zero-order valence-electron chi connectivity index (χ0n) is 16.9. The first-order valence-electron chi connectivity index (χ1n) is 9.97. The number of amides is 1. The van der Waals surface area contributed by atoms with Crippen LogP contribution in [0.25, 0.3) is 0 Å². The number of carbonyl (C=O) groups is 1. The van der Waals surface area contributed by atoms with E-state index < -0.39 is 6.10 Å². The van der Waals surface area contributed by atoms with Crippen LogP contribution in [0.2, 0.25) is 0 Å². The Bertz CT molecular complexity index is 891. The van der Waals surface area contributed by atoms with E-state index in [1.165, 1.54) is 0 Å². The summed E-state index contributed by atoms with van der Waals surface area (Å²) >= 11 is 0. The Hall–Kier alpha value is -2.34. The van der Waals surface area contributed by atoms with Gasteiger partial charge >= 0.3 is 0 Å². The molecule has 0 unspecified atom stereocenters. The molecule has 0 bridgehead atoms. The SMILES string of the molecule is Cc1ccc(O[C@@H]2C[C@@H]3CN(C(=O)c4cc(C)oc4C)C[C@@H]3C[C@H]2O)c(C)n1. The van der Waals surface area contributed by atoms with Gasteiger partial charge in [-0.15, -0.1) is 0 Å². The zero-order chi connectivity index (χ0) is 20.0. The summed E-state index contributed by atoms with van der Waals surface area (Å²) in [6.07, 6.45) is 0.597. The maximum Gasteiger partial charge on any atom is 0.257 e. The predicted molar refractivity (Wildman–Crippen MR) is 104 cm³/mol. The number of fused-ring (bicyclic) bond motifs is 1. The maximum atomic E-state index is 12.9. The number of carbonyl (C=O) groups excluding carboxylic acids is 1. The van der Waals surface area contributed by atoms with Gasteiger partial charge in [-0.2, -0.15) is 0 Å². The minimum absolute atomic E-state index is 0.0225. The van der Waals surface area contributed by atoms with Crippen LogP contribution in [-0.2, 0) is 0 Å². The van der Waals surface area contributed by atoms with Crippen molar-refractivity contribution in [1.29, 1.82) is 0 Å². The van der Waals surface area contributed by atoms with Crippen LogP contribution < -0.4 is 4.74 Å². The average Bonchev–Trinajstić information content (AvgIpc) is 3.19. The first-order chi connectivity index (χ1) is 13.3. The molecule has 1 aliphatic heterocycles. The molecular weight excluding hydrogens is 356 g/mol. The third-order valence-electron chi connectivity index (χ3n) is 6.10. The fraction of sp³-hybridized carbons (Fsp3) is 0.545. The molecule has 2 aromatic rings. The van der Waals surface area contributed by atoms with E-state index in [0.29, 0.717) is 42.7 Å². The van der Waals surface area contributed by atoms with Crippen molar-refractivity contribution < 1.29 is 19.1 Å². The molecular formula is C22H28N2O4. The van der Waals surface area contributed by atoms with Crippen molar-refractivity contribution in [3.05, 3.63) is 46.7 Å². The molecule has 1 N–H and O–H groups in total. The molecule has 1 amide bonds. The number of ether oxygens (including phenoxy) is 1. The fourth-order valence-electron chi connectivity index (χ4n) is 4.66. The standard InChI is InChI=1S/C22H28N2O4/c1-12-5-6-20(14(3)23-12)28-21-9-17-11-24(10-16(17)8-19(21)25)22(26)18-7-13(2)27-15(18)4/h5-7,16-17,19,21,25H,8-11H2,1-4H3/t16-,17+,19+,21+/m0/s1. The minimum atomic E-state index is -0.532. The van der Waals surface area contributed by atoms with Gasteiger partial charge in [-0.1, -0.05) is 0 Å². The number of hydrogen-bond acceptors (Lipinski definition) is 5. The highest BCUT2D eigenvalue weighted by Crippen LogP contribution is 2.39. The van der Waals surface area contributed by atoms with Crippen LogP contribution in [0.1, 0.15) is 46.1 Å². The lowest BCUT2D eigenvalue weighted by Gasteiger charge is -2.35. The molecule has 3 heterocycles. The van der Waals surface area contributed by atoms with Crippen LogP contribution in [0, 0.1) is 39.5 Å². The van der Waals surface area contributed by atoms with Gasteiger partial charge in [-0.05, 0) is 70.6 Å². The molecule has 4 rings (SSSR count). The van der Waals surface area contributed by atoms with Gasteiger partial charge in [0.05, 0.1) is 17.4 Å². The van der Waals surface area contributed by atoms with Crippen molar-refractivity contribution in [2.24, 2.45) is 11.8 Å². The topological polar surface area (TPSA) is 75.8 Å². The zero-order valence-corrected chi connectivity index (χ0v) is 16.9. The number of aromatic nitrogens is 1. The minimum Gasteiger partial charge on any atom is -0.486 e. The lowest BCUT2D eigenvalue weighted by molar-refractivity contribution is -0.0236. The van der Waals surface area contributed by atoms with E-state index in [1.54, 1.807) is 0 Å². The van der Waals surface area contributed by atoms with Crippen molar-refractivity contribution in [3.8, 4) is 5.75 Å². The Morgan fingerprint density at radius 2 is 1.89 bits per heavy atom. The third kappa shape index (κ3) is 3.53. The quantitative estimate of drug-likeness (QED) is 0.879. The predicted octanol–water partition coefficient (Wildman–Crippen LogP) is 3.20. The summed E-state index contributed by atoms with van der Waals surface area (Å²) in [6, 6.07) is 5.66. The lowest BCUT2D eigenvalue weighted by atomic mass is 9.78. The number of aliphatic hydroxyl groups is 1. The number of aliphatic hydroxyl groups excluding tert-OH is 1. The van der Waals surface area contributed by atoms with E-state index in [0.717, 1.165) is 29.3 Å². The number of hydrogen-bond donors (Lipinski definition) is 1. The molecule has 0 radical (unpaired) electrons. The van der Waals surface area contributed by atoms with Crippen LogP contribution in [0.3, 0.4) is 0 Å². The molecule has 1 saturated heterocycles. The van der Waals surface area contributed by atoms with Crippen LogP contribution >= 0.6 is 0 Å². The smallest absolute Gasteiger partial charge is 0.257 e. The lowest BCUT2D eigenvalue weighted by Crippen LogP contribution is -2.42. The highest BCUT2D eigenvalue weighted by molar-refractivity contribution is 5.95. The second-order valence-corrected chi connectivity index (χ2v) is 8.29. The van der Waals surface area contributed by atoms with Gasteiger partial charge in [0, 0.05) is 18.8 Å². The van der Waals surface area contributed by atoms with Crippen LogP contribution in [0.5, 0.6) is 5.75 Å². The first kappa shape index (κ1) is 19.0. The Morgan fingerprint density at radius 1 is 1.18 bits per heavy atom. The molecule has 2 aromatic heterocycles. The Kier molecular flexibility index (Phi) is 4.91. The van der Waals surface area contributed by atoms with E-state index >= 15 is 0 Å². The summed E-state index contributed by atoms with van der Waals surface area (Å²) in [5.74, 6) is 2.82.